The summed E-state index contributed by atoms with van der Waals surface area (Å²) in [6, 6.07) is 7.22. The van der Waals surface area contributed by atoms with Crippen LogP contribution in [0.1, 0.15) is 19.8 Å². The Kier molecular flexibility index (Phi) is 4.35. The summed E-state index contributed by atoms with van der Waals surface area (Å²) in [5, 5.41) is 0. The topological polar surface area (TPSA) is 73.5 Å². The maximum atomic E-state index is 11.7. The van der Waals surface area contributed by atoms with Gasteiger partial charge in [0.15, 0.2) is 5.58 Å². The first-order valence-electron chi connectivity index (χ1n) is 6.21. The molecule has 0 saturated heterocycles. The minimum atomic E-state index is -0.397. The largest absolute Gasteiger partial charge is 0.419 e. The number of hydrogen-bond donors (Lipinski definition) is 1. The summed E-state index contributed by atoms with van der Waals surface area (Å²) in [4.78, 5) is 27.8. The third-order valence-electron chi connectivity index (χ3n) is 2.69. The number of nitrogens with one attached hydrogen (secondary N) is 1. The SMILES string of the molecule is CCONC(=O)CCCn1c(=O)oc2ccccc21. The zero-order chi connectivity index (χ0) is 13.7. The van der Waals surface area contributed by atoms with Crippen LogP contribution in [0.15, 0.2) is 33.5 Å². The maximum absolute atomic E-state index is 11.7. The van der Waals surface area contributed by atoms with Crippen molar-refractivity contribution in [2.75, 3.05) is 6.61 Å². The van der Waals surface area contributed by atoms with Gasteiger partial charge in [-0.1, -0.05) is 12.1 Å². The summed E-state index contributed by atoms with van der Waals surface area (Å²) in [5.74, 6) is -0.589. The predicted octanol–water partition coefficient (Wildman–Crippen LogP) is 1.44. The number of aryl methyl sites for hydroxylation is 1. The van der Waals surface area contributed by atoms with Crippen molar-refractivity contribution in [3.8, 4) is 0 Å². The van der Waals surface area contributed by atoms with Crippen LogP contribution in [-0.4, -0.2) is 17.1 Å². The average molecular weight is 264 g/mol. The van der Waals surface area contributed by atoms with Crippen LogP contribution in [0.25, 0.3) is 11.1 Å². The highest BCUT2D eigenvalue weighted by Crippen LogP contribution is 2.12. The molecule has 2 rings (SSSR count). The van der Waals surface area contributed by atoms with E-state index in [-0.39, 0.29) is 5.91 Å². The number of aromatic nitrogens is 1. The van der Waals surface area contributed by atoms with Crippen LogP contribution in [0.4, 0.5) is 0 Å². The van der Waals surface area contributed by atoms with Crippen molar-refractivity contribution in [2.45, 2.75) is 26.3 Å². The van der Waals surface area contributed by atoms with Crippen molar-refractivity contribution in [1.29, 1.82) is 0 Å². The molecule has 0 fully saturated rings. The number of amides is 1. The fourth-order valence-electron chi connectivity index (χ4n) is 1.83. The molecule has 19 heavy (non-hydrogen) atoms. The first kappa shape index (κ1) is 13.4. The minimum absolute atomic E-state index is 0.192. The molecule has 0 aliphatic heterocycles. The third kappa shape index (κ3) is 3.23. The van der Waals surface area contributed by atoms with E-state index in [2.05, 4.69) is 5.48 Å². The number of rotatable bonds is 6. The van der Waals surface area contributed by atoms with E-state index in [9.17, 15) is 9.59 Å². The molecule has 0 aliphatic carbocycles. The Balaban J connectivity index is 1.97. The molecule has 0 radical (unpaired) electrons. The lowest BCUT2D eigenvalue weighted by molar-refractivity contribution is -0.133. The lowest BCUT2D eigenvalue weighted by Crippen LogP contribution is -2.24. The number of fused-ring (bicyclic) bond motifs is 1. The molecular formula is C13H16N2O4. The first-order valence-corrected chi connectivity index (χ1v) is 6.21. The number of para-hydroxylation sites is 2. The van der Waals surface area contributed by atoms with Gasteiger partial charge >= 0.3 is 5.76 Å². The van der Waals surface area contributed by atoms with E-state index in [1.807, 2.05) is 18.2 Å². The average Bonchev–Trinajstić information content (AvgIpc) is 2.73. The molecule has 1 amide bonds. The normalized spacial score (nSPS) is 10.8. The van der Waals surface area contributed by atoms with E-state index in [4.69, 9.17) is 9.25 Å². The van der Waals surface area contributed by atoms with Crippen LogP contribution in [0.3, 0.4) is 0 Å². The van der Waals surface area contributed by atoms with E-state index in [0.717, 1.165) is 5.52 Å². The maximum Gasteiger partial charge on any atom is 0.419 e. The molecular weight excluding hydrogens is 248 g/mol. The van der Waals surface area contributed by atoms with Gasteiger partial charge in [-0.2, -0.15) is 0 Å². The van der Waals surface area contributed by atoms with Crippen molar-refractivity contribution >= 4 is 17.0 Å². The van der Waals surface area contributed by atoms with Crippen LogP contribution < -0.4 is 11.2 Å². The number of oxazole rings is 1. The molecule has 1 heterocycles. The van der Waals surface area contributed by atoms with Gasteiger partial charge in [-0.15, -0.1) is 0 Å². The van der Waals surface area contributed by atoms with Gasteiger partial charge in [0.1, 0.15) is 0 Å². The number of nitrogens with zero attached hydrogens (tertiary/aromatic N) is 1. The van der Waals surface area contributed by atoms with E-state index in [1.165, 1.54) is 4.57 Å². The van der Waals surface area contributed by atoms with Gasteiger partial charge < -0.3 is 4.42 Å². The molecule has 0 spiro atoms. The summed E-state index contributed by atoms with van der Waals surface area (Å²) in [7, 11) is 0. The number of carbonyl (C=O) groups excluding carboxylic acids is 1. The van der Waals surface area contributed by atoms with E-state index < -0.39 is 5.76 Å². The lowest BCUT2D eigenvalue weighted by Gasteiger charge is -2.04. The summed E-state index contributed by atoms with van der Waals surface area (Å²) >= 11 is 0. The van der Waals surface area contributed by atoms with Crippen molar-refractivity contribution in [1.82, 2.24) is 10.0 Å². The molecule has 1 aromatic heterocycles. The molecule has 0 unspecified atom stereocenters. The quantitative estimate of drug-likeness (QED) is 0.801. The Hall–Kier alpha value is -2.08. The van der Waals surface area contributed by atoms with Crippen molar-refractivity contribution < 1.29 is 14.0 Å². The smallest absolute Gasteiger partial charge is 0.408 e. The molecule has 0 saturated carbocycles. The van der Waals surface area contributed by atoms with E-state index in [0.29, 0.717) is 31.6 Å². The van der Waals surface area contributed by atoms with Gasteiger partial charge in [-0.25, -0.2) is 10.3 Å². The molecule has 6 heteroatoms. The van der Waals surface area contributed by atoms with Gasteiger partial charge in [0.2, 0.25) is 5.91 Å². The second-order valence-electron chi connectivity index (χ2n) is 4.05. The Morgan fingerprint density at radius 1 is 1.42 bits per heavy atom. The molecule has 0 atom stereocenters. The van der Waals surface area contributed by atoms with Crippen LogP contribution in [0.2, 0.25) is 0 Å². The lowest BCUT2D eigenvalue weighted by atomic mass is 10.3. The molecule has 102 valence electrons. The van der Waals surface area contributed by atoms with Crippen LogP contribution >= 0.6 is 0 Å². The molecule has 6 nitrogen and oxygen atoms in total. The molecule has 1 aromatic carbocycles. The van der Waals surface area contributed by atoms with E-state index >= 15 is 0 Å². The first-order chi connectivity index (χ1) is 9.22. The Morgan fingerprint density at radius 2 is 2.21 bits per heavy atom. The highest BCUT2D eigenvalue weighted by Gasteiger charge is 2.08. The number of carbonyl (C=O) groups is 1. The molecule has 0 bridgehead atoms. The van der Waals surface area contributed by atoms with Crippen molar-refractivity contribution in [3.63, 3.8) is 0 Å². The monoisotopic (exact) mass is 264 g/mol. The zero-order valence-corrected chi connectivity index (χ0v) is 10.7. The van der Waals surface area contributed by atoms with Crippen LogP contribution in [-0.2, 0) is 16.2 Å². The predicted molar refractivity (Wildman–Crippen MR) is 69.5 cm³/mol. The molecule has 1 N–H and O–H groups in total. The highest BCUT2D eigenvalue weighted by molar-refractivity contribution is 5.75. The Morgan fingerprint density at radius 3 is 3.00 bits per heavy atom. The van der Waals surface area contributed by atoms with E-state index in [1.54, 1.807) is 13.0 Å². The number of hydroxylamine groups is 1. The van der Waals surface area contributed by atoms with Gasteiger partial charge in [0, 0.05) is 13.0 Å². The fraction of sp³-hybridized carbons (Fsp3) is 0.385. The van der Waals surface area contributed by atoms with Gasteiger partial charge in [-0.3, -0.25) is 14.2 Å². The summed E-state index contributed by atoms with van der Waals surface area (Å²) < 4.78 is 6.63. The highest BCUT2D eigenvalue weighted by atomic mass is 16.6. The number of hydrogen-bond acceptors (Lipinski definition) is 4. The summed E-state index contributed by atoms with van der Waals surface area (Å²) in [6.45, 7) is 2.66. The van der Waals surface area contributed by atoms with Crippen LogP contribution in [0, 0.1) is 0 Å². The fourth-order valence-corrected chi connectivity index (χ4v) is 1.83. The summed E-state index contributed by atoms with van der Waals surface area (Å²) in [6.07, 6.45) is 0.842. The standard InChI is InChI=1S/C13H16N2O4/c1-2-18-14-12(16)8-5-9-15-10-6-3-4-7-11(10)19-13(15)17/h3-4,6-7H,2,5,8-9H2,1H3,(H,14,16). The molecule has 0 aliphatic rings. The Labute approximate surface area is 109 Å². The number of benzene rings is 1. The molecule has 2 aromatic rings. The zero-order valence-electron chi connectivity index (χ0n) is 10.7. The third-order valence-corrected chi connectivity index (χ3v) is 2.69. The van der Waals surface area contributed by atoms with Gasteiger partial charge in [0.25, 0.3) is 0 Å². The van der Waals surface area contributed by atoms with Crippen LogP contribution in [0.5, 0.6) is 0 Å². The van der Waals surface area contributed by atoms with Crippen molar-refractivity contribution in [3.05, 3.63) is 34.8 Å². The second-order valence-corrected chi connectivity index (χ2v) is 4.05. The minimum Gasteiger partial charge on any atom is -0.408 e. The summed E-state index contributed by atoms with van der Waals surface area (Å²) in [5.41, 5.74) is 3.62. The van der Waals surface area contributed by atoms with Gasteiger partial charge in [0.05, 0.1) is 12.1 Å². The van der Waals surface area contributed by atoms with Crippen molar-refractivity contribution in [2.24, 2.45) is 0 Å². The Bertz CT molecular complexity index is 614. The second kappa shape index (κ2) is 6.19. The van der Waals surface area contributed by atoms with Gasteiger partial charge in [-0.05, 0) is 25.5 Å².